The normalized spacial score (nSPS) is 30.6. The Hall–Kier alpha value is -1.30. The largest absolute Gasteiger partial charge is 0.481 e. The maximum atomic E-state index is 11.7. The summed E-state index contributed by atoms with van der Waals surface area (Å²) in [5.41, 5.74) is -1.50. The van der Waals surface area contributed by atoms with Crippen molar-refractivity contribution >= 4 is 12.1 Å². The fourth-order valence-electron chi connectivity index (χ4n) is 2.56. The van der Waals surface area contributed by atoms with E-state index in [1.807, 2.05) is 6.92 Å². The number of nitrogens with one attached hydrogen (secondary N) is 1. The van der Waals surface area contributed by atoms with E-state index in [9.17, 15) is 19.8 Å². The third-order valence-corrected chi connectivity index (χ3v) is 3.83. The molecular formula is C14H25NO5. The van der Waals surface area contributed by atoms with Crippen LogP contribution in [-0.4, -0.2) is 40.0 Å². The van der Waals surface area contributed by atoms with Gasteiger partial charge in [0, 0.05) is 0 Å². The average Bonchev–Trinajstić information content (AvgIpc) is 2.29. The second-order valence-corrected chi connectivity index (χ2v) is 6.50. The molecule has 1 aliphatic rings. The fourth-order valence-corrected chi connectivity index (χ4v) is 2.56. The molecule has 1 rings (SSSR count). The molecule has 0 aromatic heterocycles. The zero-order valence-electron chi connectivity index (χ0n) is 12.6. The Labute approximate surface area is 119 Å². The predicted octanol–water partition coefficient (Wildman–Crippen LogP) is 1.91. The van der Waals surface area contributed by atoms with E-state index in [1.54, 1.807) is 20.8 Å². The highest BCUT2D eigenvalue weighted by Gasteiger charge is 2.45. The number of carboxylic acids is 1. The molecule has 116 valence electrons. The average molecular weight is 287 g/mol. The number of aliphatic carboxylic acids is 1. The van der Waals surface area contributed by atoms with Crippen LogP contribution in [0.25, 0.3) is 0 Å². The number of hydrogen-bond acceptors (Lipinski definition) is 4. The quantitative estimate of drug-likeness (QED) is 0.737. The lowest BCUT2D eigenvalue weighted by Crippen LogP contribution is -2.53. The number of hydrogen-bond donors (Lipinski definition) is 3. The van der Waals surface area contributed by atoms with E-state index in [0.29, 0.717) is 19.3 Å². The van der Waals surface area contributed by atoms with Gasteiger partial charge in [0.25, 0.3) is 0 Å². The van der Waals surface area contributed by atoms with Crippen LogP contribution in [-0.2, 0) is 9.53 Å². The Morgan fingerprint density at radius 1 is 1.40 bits per heavy atom. The van der Waals surface area contributed by atoms with Crippen molar-refractivity contribution in [1.29, 1.82) is 0 Å². The van der Waals surface area contributed by atoms with Crippen molar-refractivity contribution in [1.82, 2.24) is 5.32 Å². The molecule has 0 bridgehead atoms. The van der Waals surface area contributed by atoms with Crippen LogP contribution in [0.5, 0.6) is 0 Å². The van der Waals surface area contributed by atoms with Crippen LogP contribution in [0.1, 0.15) is 53.4 Å². The highest BCUT2D eigenvalue weighted by Crippen LogP contribution is 2.39. The number of carbonyl (C=O) groups excluding carboxylic acids is 1. The van der Waals surface area contributed by atoms with E-state index in [-0.39, 0.29) is 6.42 Å². The number of rotatable bonds is 3. The summed E-state index contributed by atoms with van der Waals surface area (Å²) in [4.78, 5) is 23.2. The molecule has 6 nitrogen and oxygen atoms in total. The first-order valence-corrected chi connectivity index (χ1v) is 7.00. The molecule has 3 atom stereocenters. The summed E-state index contributed by atoms with van der Waals surface area (Å²) < 4.78 is 5.14. The van der Waals surface area contributed by atoms with E-state index >= 15 is 0 Å². The molecule has 0 heterocycles. The molecule has 0 aromatic carbocycles. The van der Waals surface area contributed by atoms with Gasteiger partial charge in [-0.3, -0.25) is 4.79 Å². The van der Waals surface area contributed by atoms with Crippen molar-refractivity contribution in [2.24, 2.45) is 5.41 Å². The van der Waals surface area contributed by atoms with Crippen molar-refractivity contribution in [3.05, 3.63) is 0 Å². The highest BCUT2D eigenvalue weighted by atomic mass is 16.6. The van der Waals surface area contributed by atoms with Crippen LogP contribution in [0.2, 0.25) is 0 Å². The summed E-state index contributed by atoms with van der Waals surface area (Å²) >= 11 is 0. The first kappa shape index (κ1) is 16.8. The second kappa shape index (κ2) is 5.99. The number of alkyl carbamates (subject to hydrolysis) is 1. The second-order valence-electron chi connectivity index (χ2n) is 6.50. The third-order valence-electron chi connectivity index (χ3n) is 3.83. The molecule has 0 aromatic rings. The molecule has 1 saturated carbocycles. The van der Waals surface area contributed by atoms with Gasteiger partial charge in [-0.15, -0.1) is 0 Å². The number of amides is 1. The molecule has 6 heteroatoms. The summed E-state index contributed by atoms with van der Waals surface area (Å²) in [6, 6.07) is -0.588. The molecule has 3 unspecified atom stereocenters. The third kappa shape index (κ3) is 4.10. The summed E-state index contributed by atoms with van der Waals surface area (Å²) in [7, 11) is 0. The lowest BCUT2D eigenvalue weighted by atomic mass is 9.69. The number of carboxylic acid groups (broad SMARTS) is 1. The summed E-state index contributed by atoms with van der Waals surface area (Å²) in [5.74, 6) is -0.872. The van der Waals surface area contributed by atoms with Crippen LogP contribution in [0, 0.1) is 5.41 Å². The van der Waals surface area contributed by atoms with Gasteiger partial charge in [-0.1, -0.05) is 6.92 Å². The molecule has 1 fully saturated rings. The first-order chi connectivity index (χ1) is 9.09. The van der Waals surface area contributed by atoms with Gasteiger partial charge in [0.1, 0.15) is 5.60 Å². The molecule has 0 spiro atoms. The monoisotopic (exact) mass is 287 g/mol. The van der Waals surface area contributed by atoms with Crippen LogP contribution < -0.4 is 5.32 Å². The lowest BCUT2D eigenvalue weighted by molar-refractivity contribution is -0.153. The molecule has 1 aliphatic carbocycles. The SMILES string of the molecule is CCC1(C(=O)O)CCC(O)C(NC(=O)OC(C)(C)C)C1. The maximum absolute atomic E-state index is 11.7. The minimum atomic E-state index is -0.876. The number of aliphatic hydroxyl groups excluding tert-OH is 1. The zero-order chi connectivity index (χ0) is 15.6. The van der Waals surface area contributed by atoms with Crippen LogP contribution >= 0.6 is 0 Å². The van der Waals surface area contributed by atoms with Gasteiger partial charge in [-0.05, 0) is 46.5 Å². The smallest absolute Gasteiger partial charge is 0.407 e. The summed E-state index contributed by atoms with van der Waals surface area (Å²) in [5, 5.41) is 21.9. The van der Waals surface area contributed by atoms with Gasteiger partial charge in [-0.2, -0.15) is 0 Å². The molecule has 0 aliphatic heterocycles. The predicted molar refractivity (Wildman–Crippen MR) is 73.4 cm³/mol. The van der Waals surface area contributed by atoms with Crippen molar-refractivity contribution in [2.75, 3.05) is 0 Å². The van der Waals surface area contributed by atoms with Gasteiger partial charge in [0.2, 0.25) is 0 Å². The van der Waals surface area contributed by atoms with Crippen molar-refractivity contribution < 1.29 is 24.5 Å². The van der Waals surface area contributed by atoms with E-state index < -0.39 is 35.2 Å². The van der Waals surface area contributed by atoms with E-state index in [2.05, 4.69) is 5.32 Å². The molecule has 0 radical (unpaired) electrons. The Morgan fingerprint density at radius 2 is 2.00 bits per heavy atom. The summed E-state index contributed by atoms with van der Waals surface area (Å²) in [6.07, 6.45) is 0.119. The molecule has 3 N–H and O–H groups in total. The van der Waals surface area contributed by atoms with Gasteiger partial charge < -0.3 is 20.3 Å². The Morgan fingerprint density at radius 3 is 2.45 bits per heavy atom. The molecule has 20 heavy (non-hydrogen) atoms. The standard InChI is InChI=1S/C14H25NO5/c1-5-14(11(17)18)7-6-10(16)9(8-14)15-12(19)20-13(2,3)4/h9-10,16H,5-8H2,1-4H3,(H,15,19)(H,17,18). The Balaban J connectivity index is 2.73. The highest BCUT2D eigenvalue weighted by molar-refractivity contribution is 5.75. The van der Waals surface area contributed by atoms with Crippen LogP contribution in [0.3, 0.4) is 0 Å². The van der Waals surface area contributed by atoms with Crippen LogP contribution in [0.4, 0.5) is 4.79 Å². The first-order valence-electron chi connectivity index (χ1n) is 7.00. The van der Waals surface area contributed by atoms with E-state index in [4.69, 9.17) is 4.74 Å². The molecule has 1 amide bonds. The minimum Gasteiger partial charge on any atom is -0.481 e. The topological polar surface area (TPSA) is 95.9 Å². The van der Waals surface area contributed by atoms with Gasteiger partial charge in [0.05, 0.1) is 17.6 Å². The van der Waals surface area contributed by atoms with Crippen molar-refractivity contribution in [3.8, 4) is 0 Å². The zero-order valence-corrected chi connectivity index (χ0v) is 12.6. The fraction of sp³-hybridized carbons (Fsp3) is 0.857. The van der Waals surface area contributed by atoms with E-state index in [1.165, 1.54) is 0 Å². The number of carbonyl (C=O) groups is 2. The number of ether oxygens (including phenoxy) is 1. The van der Waals surface area contributed by atoms with Crippen molar-refractivity contribution in [3.63, 3.8) is 0 Å². The summed E-state index contributed by atoms with van der Waals surface area (Å²) in [6.45, 7) is 7.06. The van der Waals surface area contributed by atoms with Gasteiger partial charge >= 0.3 is 12.1 Å². The Kier molecular flexibility index (Phi) is 5.02. The van der Waals surface area contributed by atoms with Crippen LogP contribution in [0.15, 0.2) is 0 Å². The maximum Gasteiger partial charge on any atom is 0.407 e. The minimum absolute atomic E-state index is 0.221. The van der Waals surface area contributed by atoms with Gasteiger partial charge in [-0.25, -0.2) is 4.79 Å². The van der Waals surface area contributed by atoms with E-state index in [0.717, 1.165) is 0 Å². The number of aliphatic hydroxyl groups is 1. The van der Waals surface area contributed by atoms with Crippen molar-refractivity contribution in [2.45, 2.75) is 71.1 Å². The molecular weight excluding hydrogens is 262 g/mol. The lowest BCUT2D eigenvalue weighted by Gasteiger charge is -2.40. The molecule has 0 saturated heterocycles. The Bertz CT molecular complexity index is 376. The van der Waals surface area contributed by atoms with Gasteiger partial charge in [0.15, 0.2) is 0 Å².